The molecular formula is C9H16N4O. The van der Waals surface area contributed by atoms with Gasteiger partial charge in [0.15, 0.2) is 0 Å². The Hall–Kier alpha value is -1.36. The monoisotopic (exact) mass is 196 g/mol. The lowest BCUT2D eigenvalue weighted by Crippen LogP contribution is -2.41. The lowest BCUT2D eigenvalue weighted by atomic mass is 9.93. The predicted molar refractivity (Wildman–Crippen MR) is 53.3 cm³/mol. The quantitative estimate of drug-likeness (QED) is 0.634. The average molecular weight is 196 g/mol. The summed E-state index contributed by atoms with van der Waals surface area (Å²) in [6.07, 6.45) is 1.65. The molecule has 1 aromatic heterocycles. The SMILES string of the molecule is CC(C)(CN)C(=O)NCc1ccn[nH]1. The van der Waals surface area contributed by atoms with Crippen LogP contribution in [0.2, 0.25) is 0 Å². The van der Waals surface area contributed by atoms with Crippen LogP contribution >= 0.6 is 0 Å². The lowest BCUT2D eigenvalue weighted by molar-refractivity contribution is -0.129. The maximum absolute atomic E-state index is 11.6. The highest BCUT2D eigenvalue weighted by Crippen LogP contribution is 2.12. The van der Waals surface area contributed by atoms with E-state index < -0.39 is 5.41 Å². The molecule has 0 aliphatic rings. The van der Waals surface area contributed by atoms with Gasteiger partial charge in [0.1, 0.15) is 0 Å². The number of carbonyl (C=O) groups is 1. The molecule has 0 radical (unpaired) electrons. The van der Waals surface area contributed by atoms with Gasteiger partial charge >= 0.3 is 0 Å². The van der Waals surface area contributed by atoms with Gasteiger partial charge in [-0.2, -0.15) is 5.10 Å². The van der Waals surface area contributed by atoms with E-state index in [4.69, 9.17) is 5.73 Å². The first-order valence-electron chi connectivity index (χ1n) is 4.53. The van der Waals surface area contributed by atoms with Gasteiger partial charge in [-0.05, 0) is 19.9 Å². The fourth-order valence-electron chi connectivity index (χ4n) is 0.891. The van der Waals surface area contributed by atoms with Crippen LogP contribution in [0.1, 0.15) is 19.5 Å². The first-order chi connectivity index (χ1) is 6.56. The summed E-state index contributed by atoms with van der Waals surface area (Å²) in [4.78, 5) is 11.6. The molecule has 1 aromatic rings. The van der Waals surface area contributed by atoms with E-state index in [9.17, 15) is 4.79 Å². The third kappa shape index (κ3) is 2.56. The number of aromatic amines is 1. The Bertz CT molecular complexity index is 292. The zero-order valence-electron chi connectivity index (χ0n) is 8.50. The molecule has 0 bridgehead atoms. The van der Waals surface area contributed by atoms with Crippen LogP contribution in [-0.2, 0) is 11.3 Å². The molecule has 0 spiro atoms. The van der Waals surface area contributed by atoms with Crippen LogP contribution in [-0.4, -0.2) is 22.6 Å². The Kier molecular flexibility index (Phi) is 3.24. The van der Waals surface area contributed by atoms with Crippen molar-refractivity contribution >= 4 is 5.91 Å². The molecule has 14 heavy (non-hydrogen) atoms. The van der Waals surface area contributed by atoms with E-state index in [-0.39, 0.29) is 5.91 Å². The van der Waals surface area contributed by atoms with Gasteiger partial charge in [-0.1, -0.05) is 0 Å². The van der Waals surface area contributed by atoms with Gasteiger partial charge in [0, 0.05) is 12.7 Å². The molecule has 1 rings (SSSR count). The molecule has 78 valence electrons. The van der Waals surface area contributed by atoms with Gasteiger partial charge in [0.2, 0.25) is 5.91 Å². The summed E-state index contributed by atoms with van der Waals surface area (Å²) >= 11 is 0. The van der Waals surface area contributed by atoms with E-state index in [0.29, 0.717) is 13.1 Å². The Balaban J connectivity index is 2.43. The zero-order chi connectivity index (χ0) is 10.6. The van der Waals surface area contributed by atoms with Crippen molar-refractivity contribution in [1.29, 1.82) is 0 Å². The van der Waals surface area contributed by atoms with Gasteiger partial charge in [0.05, 0.1) is 17.7 Å². The van der Waals surface area contributed by atoms with E-state index in [1.807, 2.05) is 19.9 Å². The number of carbonyl (C=O) groups excluding carboxylic acids is 1. The molecule has 0 aromatic carbocycles. The molecule has 0 fully saturated rings. The number of hydrogen-bond acceptors (Lipinski definition) is 3. The van der Waals surface area contributed by atoms with Crippen molar-refractivity contribution in [3.63, 3.8) is 0 Å². The van der Waals surface area contributed by atoms with Crippen LogP contribution in [0, 0.1) is 5.41 Å². The highest BCUT2D eigenvalue weighted by Gasteiger charge is 2.25. The zero-order valence-corrected chi connectivity index (χ0v) is 8.50. The number of rotatable bonds is 4. The van der Waals surface area contributed by atoms with Gasteiger partial charge in [-0.15, -0.1) is 0 Å². The second kappa shape index (κ2) is 4.23. The summed E-state index contributed by atoms with van der Waals surface area (Å²) in [5.41, 5.74) is 5.84. The van der Waals surface area contributed by atoms with Crippen molar-refractivity contribution in [3.8, 4) is 0 Å². The molecule has 0 atom stereocenters. The van der Waals surface area contributed by atoms with Gasteiger partial charge in [-0.3, -0.25) is 9.89 Å². The average Bonchev–Trinajstić information content (AvgIpc) is 2.66. The predicted octanol–water partition coefficient (Wildman–Crippen LogP) is 0.0108. The molecule has 0 unspecified atom stereocenters. The second-order valence-electron chi connectivity index (χ2n) is 3.85. The van der Waals surface area contributed by atoms with E-state index in [1.165, 1.54) is 0 Å². The fraction of sp³-hybridized carbons (Fsp3) is 0.556. The molecule has 5 nitrogen and oxygen atoms in total. The molecule has 0 aliphatic heterocycles. The van der Waals surface area contributed by atoms with Crippen molar-refractivity contribution in [3.05, 3.63) is 18.0 Å². The minimum atomic E-state index is -0.514. The Morgan fingerprint density at radius 3 is 2.93 bits per heavy atom. The number of nitrogens with one attached hydrogen (secondary N) is 2. The number of nitrogens with two attached hydrogens (primary N) is 1. The molecule has 0 saturated carbocycles. The van der Waals surface area contributed by atoms with Gasteiger partial charge in [-0.25, -0.2) is 0 Å². The molecular weight excluding hydrogens is 180 g/mol. The number of nitrogens with zero attached hydrogens (tertiary/aromatic N) is 1. The molecule has 0 saturated heterocycles. The van der Waals surface area contributed by atoms with Crippen LogP contribution in [0.4, 0.5) is 0 Å². The summed E-state index contributed by atoms with van der Waals surface area (Å²) < 4.78 is 0. The van der Waals surface area contributed by atoms with Crippen LogP contribution in [0.25, 0.3) is 0 Å². The summed E-state index contributed by atoms with van der Waals surface area (Å²) in [7, 11) is 0. The van der Waals surface area contributed by atoms with Crippen LogP contribution < -0.4 is 11.1 Å². The van der Waals surface area contributed by atoms with E-state index in [0.717, 1.165) is 5.69 Å². The molecule has 4 N–H and O–H groups in total. The standard InChI is InChI=1S/C9H16N4O/c1-9(2,6-10)8(14)11-5-7-3-4-12-13-7/h3-4H,5-6,10H2,1-2H3,(H,11,14)(H,12,13). The van der Waals surface area contributed by atoms with Crippen LogP contribution in [0.5, 0.6) is 0 Å². The van der Waals surface area contributed by atoms with Crippen LogP contribution in [0.3, 0.4) is 0 Å². The van der Waals surface area contributed by atoms with E-state index >= 15 is 0 Å². The first-order valence-corrected chi connectivity index (χ1v) is 4.53. The minimum Gasteiger partial charge on any atom is -0.350 e. The lowest BCUT2D eigenvalue weighted by Gasteiger charge is -2.20. The van der Waals surface area contributed by atoms with E-state index in [2.05, 4.69) is 15.5 Å². The van der Waals surface area contributed by atoms with Gasteiger partial charge < -0.3 is 11.1 Å². The summed E-state index contributed by atoms with van der Waals surface area (Å²) in [6, 6.07) is 1.82. The maximum atomic E-state index is 11.6. The minimum absolute atomic E-state index is 0.0467. The fourth-order valence-corrected chi connectivity index (χ4v) is 0.891. The van der Waals surface area contributed by atoms with Crippen molar-refractivity contribution < 1.29 is 4.79 Å². The number of H-pyrrole nitrogens is 1. The Morgan fingerprint density at radius 2 is 2.43 bits per heavy atom. The third-order valence-electron chi connectivity index (χ3n) is 2.12. The number of aromatic nitrogens is 2. The Labute approximate surface area is 83.1 Å². The number of amides is 1. The second-order valence-corrected chi connectivity index (χ2v) is 3.85. The van der Waals surface area contributed by atoms with E-state index in [1.54, 1.807) is 6.20 Å². The topological polar surface area (TPSA) is 83.8 Å². The summed E-state index contributed by atoms with van der Waals surface area (Å²) in [6.45, 7) is 4.43. The third-order valence-corrected chi connectivity index (χ3v) is 2.12. The summed E-state index contributed by atoms with van der Waals surface area (Å²) in [5.74, 6) is -0.0467. The van der Waals surface area contributed by atoms with Crippen molar-refractivity contribution in [1.82, 2.24) is 15.5 Å². The molecule has 1 heterocycles. The summed E-state index contributed by atoms with van der Waals surface area (Å²) in [5, 5.41) is 9.33. The molecule has 5 heteroatoms. The molecule has 0 aliphatic carbocycles. The highest BCUT2D eigenvalue weighted by molar-refractivity contribution is 5.81. The van der Waals surface area contributed by atoms with Crippen molar-refractivity contribution in [2.24, 2.45) is 11.1 Å². The van der Waals surface area contributed by atoms with Crippen LogP contribution in [0.15, 0.2) is 12.3 Å². The normalized spacial score (nSPS) is 11.4. The smallest absolute Gasteiger partial charge is 0.227 e. The first kappa shape index (κ1) is 10.7. The molecule has 1 amide bonds. The maximum Gasteiger partial charge on any atom is 0.227 e. The largest absolute Gasteiger partial charge is 0.350 e. The van der Waals surface area contributed by atoms with Crippen molar-refractivity contribution in [2.45, 2.75) is 20.4 Å². The number of hydrogen-bond donors (Lipinski definition) is 3. The Morgan fingerprint density at radius 1 is 1.71 bits per heavy atom. The van der Waals surface area contributed by atoms with Crippen molar-refractivity contribution in [2.75, 3.05) is 6.54 Å². The highest BCUT2D eigenvalue weighted by atomic mass is 16.2. The van der Waals surface area contributed by atoms with Gasteiger partial charge in [0.25, 0.3) is 0 Å².